The van der Waals surface area contributed by atoms with Crippen LogP contribution in [0.15, 0.2) is 12.1 Å². The van der Waals surface area contributed by atoms with Crippen molar-refractivity contribution in [1.29, 1.82) is 0 Å². The molecule has 0 amide bonds. The van der Waals surface area contributed by atoms with Crippen LogP contribution in [0, 0.1) is 22.9 Å². The number of rotatable bonds is 6. The van der Waals surface area contributed by atoms with Gasteiger partial charge in [0.05, 0.1) is 17.4 Å². The number of nitrogens with one attached hydrogen (secondary N) is 1. The third kappa shape index (κ3) is 3.90. The maximum Gasteiger partial charge on any atom is 0.305 e. The van der Waals surface area contributed by atoms with Gasteiger partial charge in [0.2, 0.25) is 0 Å². The standard InChI is InChI=1S/C12H15FN2O4/c1-3-8(5-12(16)17)14-10-4-7(2)9(13)6-11(10)15(18)19/h4,6,8,14H,3,5H2,1-2H3,(H,16,17). The maximum atomic E-state index is 13.3. The van der Waals surface area contributed by atoms with Gasteiger partial charge >= 0.3 is 5.97 Å². The van der Waals surface area contributed by atoms with Gasteiger partial charge in [-0.1, -0.05) is 6.92 Å². The number of anilines is 1. The van der Waals surface area contributed by atoms with Gasteiger partial charge < -0.3 is 10.4 Å². The average molecular weight is 270 g/mol. The number of nitro groups is 1. The first-order valence-electron chi connectivity index (χ1n) is 5.78. The van der Waals surface area contributed by atoms with Crippen molar-refractivity contribution in [3.63, 3.8) is 0 Å². The Kier molecular flexibility index (Phi) is 4.80. The highest BCUT2D eigenvalue weighted by molar-refractivity contribution is 5.69. The molecule has 0 fully saturated rings. The molecule has 0 aliphatic carbocycles. The van der Waals surface area contributed by atoms with Gasteiger partial charge in [0.15, 0.2) is 0 Å². The molecule has 0 aliphatic rings. The summed E-state index contributed by atoms with van der Waals surface area (Å²) in [4.78, 5) is 20.8. The predicted molar refractivity (Wildman–Crippen MR) is 67.7 cm³/mol. The first kappa shape index (κ1) is 14.9. The summed E-state index contributed by atoms with van der Waals surface area (Å²) >= 11 is 0. The molecule has 104 valence electrons. The van der Waals surface area contributed by atoms with Crippen molar-refractivity contribution < 1.29 is 19.2 Å². The Morgan fingerprint density at radius 1 is 1.58 bits per heavy atom. The quantitative estimate of drug-likeness (QED) is 0.612. The molecule has 6 nitrogen and oxygen atoms in total. The normalized spacial score (nSPS) is 11.9. The van der Waals surface area contributed by atoms with Crippen LogP contribution in [0.25, 0.3) is 0 Å². The number of aryl methyl sites for hydroxylation is 1. The first-order valence-corrected chi connectivity index (χ1v) is 5.78. The number of hydrogen-bond acceptors (Lipinski definition) is 4. The van der Waals surface area contributed by atoms with Gasteiger partial charge in [-0.05, 0) is 25.0 Å². The molecular formula is C12H15FN2O4. The summed E-state index contributed by atoms with van der Waals surface area (Å²) in [7, 11) is 0. The molecule has 1 rings (SSSR count). The fourth-order valence-electron chi connectivity index (χ4n) is 1.67. The molecule has 0 saturated carbocycles. The summed E-state index contributed by atoms with van der Waals surface area (Å²) in [5.74, 6) is -1.66. The molecule has 0 bridgehead atoms. The third-order valence-corrected chi connectivity index (χ3v) is 2.75. The van der Waals surface area contributed by atoms with Crippen LogP contribution in [0.5, 0.6) is 0 Å². The first-order chi connectivity index (χ1) is 8.85. The smallest absolute Gasteiger partial charge is 0.305 e. The van der Waals surface area contributed by atoms with E-state index in [-0.39, 0.29) is 17.7 Å². The highest BCUT2D eigenvalue weighted by Crippen LogP contribution is 2.28. The summed E-state index contributed by atoms with van der Waals surface area (Å²) in [5.41, 5.74) is 0.00205. The lowest BCUT2D eigenvalue weighted by Gasteiger charge is -2.16. The Labute approximate surface area is 109 Å². The summed E-state index contributed by atoms with van der Waals surface area (Å²) in [6, 6.07) is 1.71. The van der Waals surface area contributed by atoms with E-state index in [2.05, 4.69) is 5.32 Å². The Morgan fingerprint density at radius 2 is 2.21 bits per heavy atom. The Hall–Kier alpha value is -2.18. The number of benzene rings is 1. The second-order valence-electron chi connectivity index (χ2n) is 4.22. The zero-order chi connectivity index (χ0) is 14.6. The SMILES string of the molecule is CCC(CC(=O)O)Nc1cc(C)c(F)cc1[N+](=O)[O-]. The van der Waals surface area contributed by atoms with Crippen molar-refractivity contribution in [2.24, 2.45) is 0 Å². The molecule has 1 aromatic carbocycles. The molecule has 1 aromatic rings. The van der Waals surface area contributed by atoms with Crippen LogP contribution in [0.4, 0.5) is 15.8 Å². The van der Waals surface area contributed by atoms with E-state index in [1.807, 2.05) is 0 Å². The molecular weight excluding hydrogens is 255 g/mol. The fourth-order valence-corrected chi connectivity index (χ4v) is 1.67. The molecule has 1 unspecified atom stereocenters. The van der Waals surface area contributed by atoms with Gasteiger partial charge in [-0.2, -0.15) is 0 Å². The summed E-state index contributed by atoms with van der Waals surface area (Å²) in [5, 5.41) is 22.4. The molecule has 0 heterocycles. The lowest BCUT2D eigenvalue weighted by molar-refractivity contribution is -0.384. The van der Waals surface area contributed by atoms with Crippen LogP contribution >= 0.6 is 0 Å². The van der Waals surface area contributed by atoms with Gasteiger partial charge in [-0.25, -0.2) is 4.39 Å². The van der Waals surface area contributed by atoms with E-state index in [0.717, 1.165) is 6.07 Å². The Balaban J connectivity index is 3.07. The second-order valence-corrected chi connectivity index (χ2v) is 4.22. The number of carboxylic acid groups (broad SMARTS) is 1. The van der Waals surface area contributed by atoms with Crippen molar-refractivity contribution in [3.8, 4) is 0 Å². The number of carboxylic acids is 1. The van der Waals surface area contributed by atoms with E-state index in [9.17, 15) is 19.3 Å². The largest absolute Gasteiger partial charge is 0.481 e. The van der Waals surface area contributed by atoms with Crippen LogP contribution in [0.3, 0.4) is 0 Å². The highest BCUT2D eigenvalue weighted by Gasteiger charge is 2.20. The highest BCUT2D eigenvalue weighted by atomic mass is 19.1. The number of hydrogen-bond donors (Lipinski definition) is 2. The summed E-state index contributed by atoms with van der Waals surface area (Å²) in [6.45, 7) is 3.26. The molecule has 2 N–H and O–H groups in total. The van der Waals surface area contributed by atoms with Crippen molar-refractivity contribution in [2.75, 3.05) is 5.32 Å². The maximum absolute atomic E-state index is 13.3. The molecule has 0 saturated heterocycles. The van der Waals surface area contributed by atoms with E-state index < -0.39 is 28.4 Å². The van der Waals surface area contributed by atoms with E-state index in [0.29, 0.717) is 6.42 Å². The number of halogens is 1. The molecule has 0 aliphatic heterocycles. The van der Waals surface area contributed by atoms with E-state index in [4.69, 9.17) is 5.11 Å². The third-order valence-electron chi connectivity index (χ3n) is 2.75. The molecule has 19 heavy (non-hydrogen) atoms. The van der Waals surface area contributed by atoms with Crippen molar-refractivity contribution >= 4 is 17.3 Å². The monoisotopic (exact) mass is 270 g/mol. The fraction of sp³-hybridized carbons (Fsp3) is 0.417. The number of nitro benzene ring substituents is 1. The minimum absolute atomic E-state index is 0.136. The number of aliphatic carboxylic acids is 1. The summed E-state index contributed by atoms with van der Waals surface area (Å²) in [6.07, 6.45) is 0.323. The van der Waals surface area contributed by atoms with Gasteiger partial charge in [0, 0.05) is 6.04 Å². The summed E-state index contributed by atoms with van der Waals surface area (Å²) < 4.78 is 13.3. The van der Waals surface area contributed by atoms with Crippen LogP contribution in [-0.4, -0.2) is 22.0 Å². The van der Waals surface area contributed by atoms with Gasteiger partial charge in [0.1, 0.15) is 11.5 Å². The van der Waals surface area contributed by atoms with E-state index >= 15 is 0 Å². The predicted octanol–water partition coefficient (Wildman–Crippen LogP) is 2.71. The van der Waals surface area contributed by atoms with Crippen LogP contribution in [-0.2, 0) is 4.79 Å². The van der Waals surface area contributed by atoms with Crippen LogP contribution < -0.4 is 5.32 Å². The molecule has 0 radical (unpaired) electrons. The zero-order valence-corrected chi connectivity index (χ0v) is 10.6. The lowest BCUT2D eigenvalue weighted by atomic mass is 10.1. The van der Waals surface area contributed by atoms with E-state index in [1.54, 1.807) is 6.92 Å². The van der Waals surface area contributed by atoms with Gasteiger partial charge in [-0.15, -0.1) is 0 Å². The van der Waals surface area contributed by atoms with Gasteiger partial charge in [0.25, 0.3) is 5.69 Å². The number of carbonyl (C=O) groups is 1. The average Bonchev–Trinajstić information content (AvgIpc) is 2.31. The Bertz CT molecular complexity index is 505. The van der Waals surface area contributed by atoms with Crippen LogP contribution in [0.1, 0.15) is 25.3 Å². The molecule has 0 aromatic heterocycles. The van der Waals surface area contributed by atoms with Crippen molar-refractivity contribution in [3.05, 3.63) is 33.6 Å². The van der Waals surface area contributed by atoms with Crippen molar-refractivity contribution in [1.82, 2.24) is 0 Å². The van der Waals surface area contributed by atoms with E-state index in [1.165, 1.54) is 13.0 Å². The minimum Gasteiger partial charge on any atom is -0.481 e. The van der Waals surface area contributed by atoms with Crippen LogP contribution in [0.2, 0.25) is 0 Å². The zero-order valence-electron chi connectivity index (χ0n) is 10.6. The molecule has 0 spiro atoms. The van der Waals surface area contributed by atoms with Gasteiger partial charge in [-0.3, -0.25) is 14.9 Å². The number of nitrogens with zero attached hydrogens (tertiary/aromatic N) is 1. The Morgan fingerprint density at radius 3 is 2.68 bits per heavy atom. The second kappa shape index (κ2) is 6.12. The lowest BCUT2D eigenvalue weighted by Crippen LogP contribution is -2.22. The minimum atomic E-state index is -0.999. The molecule has 7 heteroatoms. The molecule has 1 atom stereocenters. The van der Waals surface area contributed by atoms with Crippen molar-refractivity contribution in [2.45, 2.75) is 32.7 Å². The topological polar surface area (TPSA) is 92.5 Å².